The molecule has 1 heterocycles. The first-order valence-electron chi connectivity index (χ1n) is 5.50. The van der Waals surface area contributed by atoms with Crippen LogP contribution in [0.25, 0.3) is 0 Å². The summed E-state index contributed by atoms with van der Waals surface area (Å²) in [5.41, 5.74) is 0.965. The van der Waals surface area contributed by atoms with Gasteiger partial charge in [-0.1, -0.05) is 12.8 Å². The predicted molar refractivity (Wildman–Crippen MR) is 54.8 cm³/mol. The van der Waals surface area contributed by atoms with Crippen molar-refractivity contribution in [2.75, 3.05) is 0 Å². The van der Waals surface area contributed by atoms with Crippen molar-refractivity contribution in [3.05, 3.63) is 18.0 Å². The summed E-state index contributed by atoms with van der Waals surface area (Å²) in [5.74, 6) is 0.894. The summed E-state index contributed by atoms with van der Waals surface area (Å²) in [7, 11) is 0. The highest BCUT2D eigenvalue weighted by molar-refractivity contribution is 5.07. The lowest BCUT2D eigenvalue weighted by molar-refractivity contribution is 0.162. The Morgan fingerprint density at radius 2 is 2.43 bits per heavy atom. The zero-order chi connectivity index (χ0) is 9.97. The lowest BCUT2D eigenvalue weighted by atomic mass is 10.1. The van der Waals surface area contributed by atoms with E-state index in [4.69, 9.17) is 0 Å². The van der Waals surface area contributed by atoms with Gasteiger partial charge in [-0.2, -0.15) is 5.10 Å². The molecule has 2 rings (SSSR count). The van der Waals surface area contributed by atoms with Gasteiger partial charge in [0.25, 0.3) is 0 Å². The fourth-order valence-corrected chi connectivity index (χ4v) is 1.69. The van der Waals surface area contributed by atoms with E-state index < -0.39 is 0 Å². The van der Waals surface area contributed by atoms with E-state index in [1.807, 2.05) is 17.8 Å². The molecule has 1 saturated carbocycles. The number of hydrogen-bond acceptors (Lipinski definition) is 2. The maximum absolute atomic E-state index is 9.85. The van der Waals surface area contributed by atoms with E-state index in [0.29, 0.717) is 0 Å². The normalized spacial score (nSPS) is 18.4. The van der Waals surface area contributed by atoms with Crippen molar-refractivity contribution in [1.29, 1.82) is 0 Å². The second-order valence-corrected chi connectivity index (χ2v) is 4.17. The van der Waals surface area contributed by atoms with Crippen LogP contribution in [0, 0.1) is 5.92 Å². The molecule has 1 aliphatic rings. The van der Waals surface area contributed by atoms with Gasteiger partial charge in [-0.25, -0.2) is 0 Å². The molecule has 14 heavy (non-hydrogen) atoms. The predicted octanol–water partition coefficient (Wildman–Crippen LogP) is 2.13. The lowest BCUT2D eigenvalue weighted by Gasteiger charge is -2.06. The first-order valence-corrected chi connectivity index (χ1v) is 5.50. The largest absolute Gasteiger partial charge is 0.388 e. The number of aliphatic hydroxyl groups excluding tert-OH is 1. The van der Waals surface area contributed by atoms with Crippen LogP contribution in [-0.4, -0.2) is 14.9 Å². The molecule has 1 atom stereocenters. The number of rotatable bonds is 5. The number of aryl methyl sites for hydroxylation is 1. The molecular weight excluding hydrogens is 176 g/mol. The minimum Gasteiger partial charge on any atom is -0.388 e. The third-order valence-corrected chi connectivity index (χ3v) is 2.91. The third kappa shape index (κ3) is 2.35. The molecule has 0 aromatic carbocycles. The number of aromatic nitrogens is 2. The average molecular weight is 194 g/mol. The molecule has 0 bridgehead atoms. The third-order valence-electron chi connectivity index (χ3n) is 2.91. The van der Waals surface area contributed by atoms with Crippen molar-refractivity contribution >= 4 is 0 Å². The molecule has 78 valence electrons. The standard InChI is InChI=1S/C11H18N2O/c1-2-13-8-10(7-12-13)11(14)6-5-9-3-4-9/h7-9,11,14H,2-6H2,1H3. The summed E-state index contributed by atoms with van der Waals surface area (Å²) in [5, 5.41) is 14.0. The summed E-state index contributed by atoms with van der Waals surface area (Å²) in [6, 6.07) is 0. The first kappa shape index (κ1) is 9.71. The minimum absolute atomic E-state index is 0.309. The Bertz CT molecular complexity index is 291. The van der Waals surface area contributed by atoms with Crippen LogP contribution in [0.15, 0.2) is 12.4 Å². The van der Waals surface area contributed by atoms with Crippen molar-refractivity contribution in [3.63, 3.8) is 0 Å². The maximum Gasteiger partial charge on any atom is 0.0820 e. The highest BCUT2D eigenvalue weighted by Crippen LogP contribution is 2.35. The molecule has 0 spiro atoms. The Hall–Kier alpha value is -0.830. The minimum atomic E-state index is -0.309. The monoisotopic (exact) mass is 194 g/mol. The van der Waals surface area contributed by atoms with Gasteiger partial charge >= 0.3 is 0 Å². The molecule has 0 saturated heterocycles. The van der Waals surface area contributed by atoms with Crippen LogP contribution in [0.5, 0.6) is 0 Å². The topological polar surface area (TPSA) is 38.0 Å². The van der Waals surface area contributed by atoms with E-state index in [1.54, 1.807) is 6.20 Å². The Morgan fingerprint density at radius 3 is 3.00 bits per heavy atom. The van der Waals surface area contributed by atoms with Gasteiger partial charge in [-0.3, -0.25) is 4.68 Å². The summed E-state index contributed by atoms with van der Waals surface area (Å²) < 4.78 is 1.86. The van der Waals surface area contributed by atoms with E-state index >= 15 is 0 Å². The van der Waals surface area contributed by atoms with Crippen LogP contribution in [0.1, 0.15) is 44.3 Å². The van der Waals surface area contributed by atoms with Crippen molar-refractivity contribution < 1.29 is 5.11 Å². The van der Waals surface area contributed by atoms with Gasteiger partial charge in [0.05, 0.1) is 12.3 Å². The molecule has 1 aliphatic carbocycles. The van der Waals surface area contributed by atoms with Crippen molar-refractivity contribution in [2.24, 2.45) is 5.92 Å². The molecular formula is C11H18N2O. The van der Waals surface area contributed by atoms with Crippen molar-refractivity contribution in [3.8, 4) is 0 Å². The van der Waals surface area contributed by atoms with E-state index in [0.717, 1.165) is 24.4 Å². The second-order valence-electron chi connectivity index (χ2n) is 4.17. The number of nitrogens with zero attached hydrogens (tertiary/aromatic N) is 2. The van der Waals surface area contributed by atoms with Gasteiger partial charge in [0.2, 0.25) is 0 Å². The van der Waals surface area contributed by atoms with Gasteiger partial charge in [0, 0.05) is 18.3 Å². The van der Waals surface area contributed by atoms with Gasteiger partial charge in [-0.05, 0) is 25.7 Å². The van der Waals surface area contributed by atoms with Crippen molar-refractivity contribution in [2.45, 2.75) is 45.3 Å². The van der Waals surface area contributed by atoms with Crippen LogP contribution in [-0.2, 0) is 6.54 Å². The van der Waals surface area contributed by atoms with Gasteiger partial charge in [0.1, 0.15) is 0 Å². The fraction of sp³-hybridized carbons (Fsp3) is 0.727. The molecule has 1 unspecified atom stereocenters. The van der Waals surface area contributed by atoms with Crippen molar-refractivity contribution in [1.82, 2.24) is 9.78 Å². The zero-order valence-electron chi connectivity index (χ0n) is 8.69. The van der Waals surface area contributed by atoms with E-state index in [9.17, 15) is 5.11 Å². The summed E-state index contributed by atoms with van der Waals surface area (Å²) in [6.07, 6.45) is 8.19. The molecule has 3 heteroatoms. The zero-order valence-corrected chi connectivity index (χ0v) is 8.69. The molecule has 1 fully saturated rings. The van der Waals surface area contributed by atoms with E-state index in [1.165, 1.54) is 19.3 Å². The van der Waals surface area contributed by atoms with Crippen LogP contribution >= 0.6 is 0 Å². The molecule has 3 nitrogen and oxygen atoms in total. The molecule has 1 N–H and O–H groups in total. The van der Waals surface area contributed by atoms with Crippen LogP contribution < -0.4 is 0 Å². The number of aliphatic hydroxyl groups is 1. The highest BCUT2D eigenvalue weighted by atomic mass is 16.3. The molecule has 0 aliphatic heterocycles. The fourth-order valence-electron chi connectivity index (χ4n) is 1.69. The molecule has 1 aromatic rings. The SMILES string of the molecule is CCn1cc(C(O)CCC2CC2)cn1. The van der Waals surface area contributed by atoms with Gasteiger partial charge in [0.15, 0.2) is 0 Å². The molecule has 1 aromatic heterocycles. The summed E-state index contributed by atoms with van der Waals surface area (Å²) in [6.45, 7) is 2.92. The Morgan fingerprint density at radius 1 is 1.64 bits per heavy atom. The quantitative estimate of drug-likeness (QED) is 0.779. The molecule has 0 amide bonds. The van der Waals surface area contributed by atoms with E-state index in [-0.39, 0.29) is 6.10 Å². The van der Waals surface area contributed by atoms with Crippen LogP contribution in [0.3, 0.4) is 0 Å². The summed E-state index contributed by atoms with van der Waals surface area (Å²) in [4.78, 5) is 0. The van der Waals surface area contributed by atoms with Crippen LogP contribution in [0.4, 0.5) is 0 Å². The lowest BCUT2D eigenvalue weighted by Crippen LogP contribution is -1.97. The van der Waals surface area contributed by atoms with E-state index in [2.05, 4.69) is 5.10 Å². The average Bonchev–Trinajstić information content (AvgIpc) is 2.90. The van der Waals surface area contributed by atoms with Gasteiger partial charge < -0.3 is 5.11 Å². The maximum atomic E-state index is 9.85. The van der Waals surface area contributed by atoms with Gasteiger partial charge in [-0.15, -0.1) is 0 Å². The molecule has 0 radical (unpaired) electrons. The Kier molecular flexibility index (Phi) is 2.87. The number of hydrogen-bond donors (Lipinski definition) is 1. The smallest absolute Gasteiger partial charge is 0.0820 e. The Labute approximate surface area is 84.7 Å². The first-order chi connectivity index (χ1) is 6.79. The summed E-state index contributed by atoms with van der Waals surface area (Å²) >= 11 is 0. The Balaban J connectivity index is 1.85. The second kappa shape index (κ2) is 4.13. The van der Waals surface area contributed by atoms with Crippen LogP contribution in [0.2, 0.25) is 0 Å². The highest BCUT2D eigenvalue weighted by Gasteiger charge is 2.22.